The van der Waals surface area contributed by atoms with Crippen LogP contribution in [0.2, 0.25) is 0 Å². The van der Waals surface area contributed by atoms with E-state index in [2.05, 4.69) is 10.3 Å². The van der Waals surface area contributed by atoms with Gasteiger partial charge in [-0.25, -0.2) is 0 Å². The van der Waals surface area contributed by atoms with Crippen LogP contribution in [0, 0.1) is 0 Å². The zero-order valence-corrected chi connectivity index (χ0v) is 9.48. The average Bonchev–Trinajstić information content (AvgIpc) is 2.32. The zero-order chi connectivity index (χ0) is 12.3. The minimum absolute atomic E-state index is 0.208. The molecule has 0 saturated heterocycles. The molecule has 5 heteroatoms. The number of carbonyl (C=O) groups excluding carboxylic acids is 1. The molecule has 1 fully saturated rings. The molecule has 1 aromatic rings. The van der Waals surface area contributed by atoms with Crippen LogP contribution in [0.25, 0.3) is 0 Å². The summed E-state index contributed by atoms with van der Waals surface area (Å²) in [5, 5.41) is 12.5. The third kappa shape index (κ3) is 2.94. The number of aromatic nitrogens is 1. The Labute approximate surface area is 98.9 Å². The van der Waals surface area contributed by atoms with Gasteiger partial charge in [-0.1, -0.05) is 18.9 Å². The molecule has 2 rings (SSSR count). The van der Waals surface area contributed by atoms with Crippen LogP contribution >= 0.6 is 0 Å². The lowest BCUT2D eigenvalue weighted by Gasteiger charge is -2.28. The van der Waals surface area contributed by atoms with Crippen LogP contribution in [0.5, 0.6) is 0 Å². The molecule has 0 unspecified atom stereocenters. The molecule has 1 aliphatic carbocycles. The summed E-state index contributed by atoms with van der Waals surface area (Å²) in [6.07, 6.45) is 3.02. The Morgan fingerprint density at radius 1 is 1.35 bits per heavy atom. The normalized spacial score (nSPS) is 24.3. The minimum Gasteiger partial charge on any atom is -0.391 e. The van der Waals surface area contributed by atoms with E-state index in [9.17, 15) is 14.7 Å². The predicted octanol–water partition coefficient (Wildman–Crippen LogP) is 0.408. The molecule has 1 amide bonds. The van der Waals surface area contributed by atoms with E-state index in [0.29, 0.717) is 0 Å². The Balaban J connectivity index is 2.03. The molecule has 3 N–H and O–H groups in total. The molecule has 0 radical (unpaired) electrons. The molecule has 1 saturated carbocycles. The van der Waals surface area contributed by atoms with Crippen molar-refractivity contribution in [2.45, 2.75) is 37.8 Å². The third-order valence-electron chi connectivity index (χ3n) is 3.06. The van der Waals surface area contributed by atoms with Crippen LogP contribution in [-0.2, 0) is 0 Å². The monoisotopic (exact) mass is 236 g/mol. The molecular formula is C12H16N2O3. The first-order valence-corrected chi connectivity index (χ1v) is 5.85. The summed E-state index contributed by atoms with van der Waals surface area (Å²) < 4.78 is 0. The van der Waals surface area contributed by atoms with Crippen LogP contribution in [0.15, 0.2) is 23.0 Å². The second-order valence-electron chi connectivity index (χ2n) is 4.36. The highest BCUT2D eigenvalue weighted by Gasteiger charge is 2.24. The van der Waals surface area contributed by atoms with Gasteiger partial charge in [0.15, 0.2) is 0 Å². The Kier molecular flexibility index (Phi) is 3.58. The van der Waals surface area contributed by atoms with E-state index in [1.165, 1.54) is 12.1 Å². The lowest BCUT2D eigenvalue weighted by molar-refractivity contribution is 0.0713. The van der Waals surface area contributed by atoms with Crippen LogP contribution in [0.3, 0.4) is 0 Å². The Morgan fingerprint density at radius 2 is 2.12 bits per heavy atom. The number of pyridine rings is 1. The molecule has 0 aromatic carbocycles. The molecule has 0 bridgehead atoms. The number of aliphatic hydroxyl groups is 1. The third-order valence-corrected chi connectivity index (χ3v) is 3.06. The van der Waals surface area contributed by atoms with Gasteiger partial charge in [0, 0.05) is 6.07 Å². The van der Waals surface area contributed by atoms with Gasteiger partial charge in [-0.05, 0) is 18.9 Å². The topological polar surface area (TPSA) is 82.2 Å². The maximum atomic E-state index is 11.8. The molecular weight excluding hydrogens is 220 g/mol. The Bertz CT molecular complexity index is 455. The fraction of sp³-hybridized carbons (Fsp3) is 0.500. The van der Waals surface area contributed by atoms with Crippen molar-refractivity contribution in [1.29, 1.82) is 0 Å². The second kappa shape index (κ2) is 5.14. The van der Waals surface area contributed by atoms with Crippen molar-refractivity contribution < 1.29 is 9.90 Å². The predicted molar refractivity (Wildman–Crippen MR) is 62.8 cm³/mol. The van der Waals surface area contributed by atoms with Gasteiger partial charge in [0.05, 0.1) is 12.1 Å². The quantitative estimate of drug-likeness (QED) is 0.695. The number of hydrogen-bond donors (Lipinski definition) is 3. The molecule has 1 heterocycles. The highest BCUT2D eigenvalue weighted by molar-refractivity contribution is 5.92. The SMILES string of the molecule is O=C(N[C@@H]1CCCC[C@H]1O)c1cccc(=O)[nH]1. The summed E-state index contributed by atoms with van der Waals surface area (Å²) in [7, 11) is 0. The summed E-state index contributed by atoms with van der Waals surface area (Å²) in [6, 6.07) is 4.23. The minimum atomic E-state index is -0.483. The molecule has 5 nitrogen and oxygen atoms in total. The van der Waals surface area contributed by atoms with E-state index in [1.54, 1.807) is 6.07 Å². The first-order chi connectivity index (χ1) is 8.16. The molecule has 1 aromatic heterocycles. The van der Waals surface area contributed by atoms with Gasteiger partial charge in [0.25, 0.3) is 5.91 Å². The fourth-order valence-corrected chi connectivity index (χ4v) is 2.11. The number of aromatic amines is 1. The van der Waals surface area contributed by atoms with Gasteiger partial charge >= 0.3 is 0 Å². The number of hydrogen-bond acceptors (Lipinski definition) is 3. The number of carbonyl (C=O) groups is 1. The number of nitrogens with one attached hydrogen (secondary N) is 2. The molecule has 17 heavy (non-hydrogen) atoms. The lowest BCUT2D eigenvalue weighted by Crippen LogP contribution is -2.45. The maximum Gasteiger partial charge on any atom is 0.268 e. The number of amides is 1. The Hall–Kier alpha value is -1.62. The number of aliphatic hydroxyl groups excluding tert-OH is 1. The van der Waals surface area contributed by atoms with Gasteiger partial charge in [0.1, 0.15) is 5.69 Å². The summed E-state index contributed by atoms with van der Waals surface area (Å²) in [6.45, 7) is 0. The van der Waals surface area contributed by atoms with Gasteiger partial charge in [-0.2, -0.15) is 0 Å². The largest absolute Gasteiger partial charge is 0.391 e. The van der Waals surface area contributed by atoms with Crippen molar-refractivity contribution in [3.63, 3.8) is 0 Å². The summed E-state index contributed by atoms with van der Waals surface area (Å²) >= 11 is 0. The maximum absolute atomic E-state index is 11.8. The van der Waals surface area contributed by atoms with Crippen LogP contribution < -0.4 is 10.9 Å². The second-order valence-corrected chi connectivity index (χ2v) is 4.36. The molecule has 2 atom stereocenters. The first-order valence-electron chi connectivity index (χ1n) is 5.85. The van der Waals surface area contributed by atoms with Gasteiger partial charge in [0.2, 0.25) is 5.56 Å². The van der Waals surface area contributed by atoms with Crippen LogP contribution in [-0.4, -0.2) is 28.1 Å². The van der Waals surface area contributed by atoms with Crippen molar-refractivity contribution in [3.8, 4) is 0 Å². The highest BCUT2D eigenvalue weighted by Crippen LogP contribution is 2.18. The number of rotatable bonds is 2. The van der Waals surface area contributed by atoms with Gasteiger partial charge < -0.3 is 15.4 Å². The van der Waals surface area contributed by atoms with Crippen molar-refractivity contribution in [3.05, 3.63) is 34.2 Å². The van der Waals surface area contributed by atoms with E-state index in [4.69, 9.17) is 0 Å². The van der Waals surface area contributed by atoms with Crippen molar-refractivity contribution in [2.75, 3.05) is 0 Å². The average molecular weight is 236 g/mol. The van der Waals surface area contributed by atoms with Gasteiger partial charge in [-0.3, -0.25) is 9.59 Å². The van der Waals surface area contributed by atoms with E-state index >= 15 is 0 Å². The van der Waals surface area contributed by atoms with E-state index in [-0.39, 0.29) is 23.2 Å². The molecule has 0 spiro atoms. The summed E-state index contributed by atoms with van der Waals surface area (Å²) in [5.41, 5.74) is -0.0721. The molecule has 1 aliphatic rings. The summed E-state index contributed by atoms with van der Waals surface area (Å²) in [5.74, 6) is -0.339. The number of H-pyrrole nitrogens is 1. The fourth-order valence-electron chi connectivity index (χ4n) is 2.11. The standard InChI is InChI=1S/C12H16N2O3/c15-10-6-2-1-4-8(10)14-12(17)9-5-3-7-11(16)13-9/h3,5,7-8,10,15H,1-2,4,6H2,(H,13,16)(H,14,17)/t8-,10-/m1/s1. The zero-order valence-electron chi connectivity index (χ0n) is 9.48. The van der Waals surface area contributed by atoms with Crippen molar-refractivity contribution >= 4 is 5.91 Å². The first kappa shape index (κ1) is 11.9. The summed E-state index contributed by atoms with van der Waals surface area (Å²) in [4.78, 5) is 25.3. The van der Waals surface area contributed by atoms with Crippen molar-refractivity contribution in [2.24, 2.45) is 0 Å². The Morgan fingerprint density at radius 3 is 2.82 bits per heavy atom. The molecule has 0 aliphatic heterocycles. The van der Waals surface area contributed by atoms with Crippen molar-refractivity contribution in [1.82, 2.24) is 10.3 Å². The van der Waals surface area contributed by atoms with Crippen LogP contribution in [0.4, 0.5) is 0 Å². The van der Waals surface area contributed by atoms with E-state index in [0.717, 1.165) is 25.7 Å². The van der Waals surface area contributed by atoms with E-state index in [1.807, 2.05) is 0 Å². The lowest BCUT2D eigenvalue weighted by atomic mass is 9.92. The molecule has 92 valence electrons. The van der Waals surface area contributed by atoms with E-state index < -0.39 is 6.10 Å². The smallest absolute Gasteiger partial charge is 0.268 e. The highest BCUT2D eigenvalue weighted by atomic mass is 16.3. The van der Waals surface area contributed by atoms with Gasteiger partial charge in [-0.15, -0.1) is 0 Å². The van der Waals surface area contributed by atoms with Crippen LogP contribution in [0.1, 0.15) is 36.2 Å².